The van der Waals surface area contributed by atoms with E-state index in [-0.39, 0.29) is 6.54 Å². The molecule has 1 atom stereocenters. The van der Waals surface area contributed by atoms with E-state index in [0.29, 0.717) is 13.1 Å². The molecule has 3 N–H and O–H groups in total. The van der Waals surface area contributed by atoms with Gasteiger partial charge in [-0.15, -0.1) is 0 Å². The third kappa shape index (κ3) is 3.33. The molecule has 2 aromatic rings. The molecule has 0 amide bonds. The maximum Gasteiger partial charge on any atom is 0.323 e. The zero-order chi connectivity index (χ0) is 13.8. The van der Waals surface area contributed by atoms with Gasteiger partial charge < -0.3 is 20.1 Å². The number of hydrogen-bond acceptors (Lipinski definition) is 3. The zero-order valence-corrected chi connectivity index (χ0v) is 10.8. The molecule has 19 heavy (non-hydrogen) atoms. The second-order valence-corrected chi connectivity index (χ2v) is 4.67. The van der Waals surface area contributed by atoms with E-state index in [1.54, 1.807) is 11.5 Å². The molecule has 0 bridgehead atoms. The predicted octanol–water partition coefficient (Wildman–Crippen LogP) is 1.20. The lowest BCUT2D eigenvalue weighted by atomic mass is 10.2. The summed E-state index contributed by atoms with van der Waals surface area (Å²) in [5.74, 6) is -0.857. The van der Waals surface area contributed by atoms with Crippen molar-refractivity contribution in [2.24, 2.45) is 0 Å². The molecule has 0 radical (unpaired) electrons. The number of carboxylic acid groups (broad SMARTS) is 1. The summed E-state index contributed by atoms with van der Waals surface area (Å²) in [4.78, 5) is 10.9. The van der Waals surface area contributed by atoms with Crippen molar-refractivity contribution in [2.45, 2.75) is 26.1 Å². The molecule has 102 valence electrons. The molecule has 1 aromatic heterocycles. The lowest BCUT2D eigenvalue weighted by Crippen LogP contribution is -2.23. The number of para-hydroxylation sites is 1. The number of aromatic nitrogens is 1. The molecule has 0 fully saturated rings. The maximum atomic E-state index is 10.9. The van der Waals surface area contributed by atoms with E-state index in [9.17, 15) is 9.90 Å². The zero-order valence-electron chi connectivity index (χ0n) is 10.8. The average molecular weight is 262 g/mol. The van der Waals surface area contributed by atoms with E-state index in [2.05, 4.69) is 5.32 Å². The number of carboxylic acids is 1. The fraction of sp³-hybridized carbons (Fsp3) is 0.357. The van der Waals surface area contributed by atoms with Gasteiger partial charge >= 0.3 is 5.97 Å². The Hall–Kier alpha value is -1.85. The molecule has 0 aliphatic heterocycles. The summed E-state index contributed by atoms with van der Waals surface area (Å²) in [6, 6.07) is 7.73. The average Bonchev–Trinajstić information content (AvgIpc) is 2.67. The Kier molecular flexibility index (Phi) is 4.19. The van der Waals surface area contributed by atoms with Crippen LogP contribution in [0.3, 0.4) is 0 Å². The summed E-state index contributed by atoms with van der Waals surface area (Å²) >= 11 is 0. The topological polar surface area (TPSA) is 74.5 Å². The SMILES string of the molecule is C[C@H](O)CNCc1cn(CC(=O)O)c2ccccc12. The number of nitrogens with zero attached hydrogens (tertiary/aromatic N) is 1. The van der Waals surface area contributed by atoms with Crippen LogP contribution in [0, 0.1) is 0 Å². The molecule has 1 aromatic carbocycles. The number of carbonyl (C=O) groups is 1. The Morgan fingerprint density at radius 1 is 1.42 bits per heavy atom. The number of aliphatic hydroxyl groups is 1. The first-order valence-corrected chi connectivity index (χ1v) is 6.25. The number of fused-ring (bicyclic) bond motifs is 1. The van der Waals surface area contributed by atoms with Gasteiger partial charge in [-0.25, -0.2) is 0 Å². The Labute approximate surface area is 111 Å². The van der Waals surface area contributed by atoms with Crippen molar-refractivity contribution in [3.63, 3.8) is 0 Å². The molecule has 0 aliphatic rings. The van der Waals surface area contributed by atoms with Crippen molar-refractivity contribution in [3.8, 4) is 0 Å². The van der Waals surface area contributed by atoms with Gasteiger partial charge in [0.2, 0.25) is 0 Å². The first-order chi connectivity index (χ1) is 9.08. The van der Waals surface area contributed by atoms with E-state index < -0.39 is 12.1 Å². The van der Waals surface area contributed by atoms with E-state index in [0.717, 1.165) is 16.5 Å². The molecule has 0 saturated carbocycles. The van der Waals surface area contributed by atoms with Crippen molar-refractivity contribution in [1.29, 1.82) is 0 Å². The Bertz CT molecular complexity index is 575. The smallest absolute Gasteiger partial charge is 0.323 e. The van der Waals surface area contributed by atoms with Crippen LogP contribution in [0.1, 0.15) is 12.5 Å². The summed E-state index contributed by atoms with van der Waals surface area (Å²) in [6.45, 7) is 2.80. The highest BCUT2D eigenvalue weighted by Crippen LogP contribution is 2.21. The van der Waals surface area contributed by atoms with Gasteiger partial charge in [-0.2, -0.15) is 0 Å². The van der Waals surface area contributed by atoms with Crippen molar-refractivity contribution >= 4 is 16.9 Å². The fourth-order valence-corrected chi connectivity index (χ4v) is 2.16. The number of benzene rings is 1. The van der Waals surface area contributed by atoms with Gasteiger partial charge in [0.05, 0.1) is 6.10 Å². The molecular formula is C14H18N2O3. The van der Waals surface area contributed by atoms with Crippen LogP contribution >= 0.6 is 0 Å². The highest BCUT2D eigenvalue weighted by Gasteiger charge is 2.10. The highest BCUT2D eigenvalue weighted by molar-refractivity contribution is 5.85. The van der Waals surface area contributed by atoms with E-state index in [1.165, 1.54) is 0 Å². The van der Waals surface area contributed by atoms with Crippen LogP contribution in [0.15, 0.2) is 30.5 Å². The van der Waals surface area contributed by atoms with Gasteiger partial charge in [-0.1, -0.05) is 18.2 Å². The second-order valence-electron chi connectivity index (χ2n) is 4.67. The van der Waals surface area contributed by atoms with Crippen LogP contribution in [0.25, 0.3) is 10.9 Å². The number of hydrogen-bond donors (Lipinski definition) is 3. The summed E-state index contributed by atoms with van der Waals surface area (Å²) in [5.41, 5.74) is 1.95. The Balaban J connectivity index is 2.25. The molecule has 2 rings (SSSR count). The van der Waals surface area contributed by atoms with Crippen LogP contribution in [0.5, 0.6) is 0 Å². The van der Waals surface area contributed by atoms with Gasteiger partial charge in [-0.05, 0) is 18.6 Å². The Morgan fingerprint density at radius 3 is 2.84 bits per heavy atom. The van der Waals surface area contributed by atoms with E-state index in [4.69, 9.17) is 5.11 Å². The van der Waals surface area contributed by atoms with Gasteiger partial charge in [0.25, 0.3) is 0 Å². The fourth-order valence-electron chi connectivity index (χ4n) is 2.16. The maximum absolute atomic E-state index is 10.9. The molecule has 0 saturated heterocycles. The van der Waals surface area contributed by atoms with Crippen molar-refractivity contribution in [2.75, 3.05) is 6.54 Å². The summed E-state index contributed by atoms with van der Waals surface area (Å²) < 4.78 is 1.73. The minimum absolute atomic E-state index is 0.0447. The monoisotopic (exact) mass is 262 g/mol. The molecule has 0 spiro atoms. The Morgan fingerprint density at radius 2 is 2.16 bits per heavy atom. The lowest BCUT2D eigenvalue weighted by Gasteiger charge is -2.05. The molecular weight excluding hydrogens is 244 g/mol. The second kappa shape index (κ2) is 5.86. The minimum atomic E-state index is -0.857. The van der Waals surface area contributed by atoms with Gasteiger partial charge in [0.15, 0.2) is 0 Å². The number of nitrogens with one attached hydrogen (secondary N) is 1. The third-order valence-electron chi connectivity index (χ3n) is 2.93. The van der Waals surface area contributed by atoms with Gasteiger partial charge in [0.1, 0.15) is 6.54 Å². The van der Waals surface area contributed by atoms with E-state index in [1.807, 2.05) is 30.5 Å². The highest BCUT2D eigenvalue weighted by atomic mass is 16.4. The van der Waals surface area contributed by atoms with Crippen LogP contribution < -0.4 is 5.32 Å². The van der Waals surface area contributed by atoms with Gasteiger partial charge in [-0.3, -0.25) is 4.79 Å². The van der Waals surface area contributed by atoms with Crippen molar-refractivity contribution in [1.82, 2.24) is 9.88 Å². The number of aliphatic hydroxyl groups excluding tert-OH is 1. The molecule has 5 heteroatoms. The largest absolute Gasteiger partial charge is 0.480 e. The predicted molar refractivity (Wildman–Crippen MR) is 73.0 cm³/mol. The first kappa shape index (κ1) is 13.6. The van der Waals surface area contributed by atoms with Crippen LogP contribution in [-0.4, -0.2) is 33.4 Å². The van der Waals surface area contributed by atoms with Crippen LogP contribution in [0.4, 0.5) is 0 Å². The molecule has 1 heterocycles. The first-order valence-electron chi connectivity index (χ1n) is 6.25. The number of rotatable bonds is 6. The molecule has 0 unspecified atom stereocenters. The van der Waals surface area contributed by atoms with Crippen LogP contribution in [0.2, 0.25) is 0 Å². The minimum Gasteiger partial charge on any atom is -0.480 e. The van der Waals surface area contributed by atoms with Crippen molar-refractivity contribution < 1.29 is 15.0 Å². The normalized spacial score (nSPS) is 12.7. The molecule has 5 nitrogen and oxygen atoms in total. The van der Waals surface area contributed by atoms with Crippen molar-refractivity contribution in [3.05, 3.63) is 36.0 Å². The summed E-state index contributed by atoms with van der Waals surface area (Å²) in [7, 11) is 0. The number of aliphatic carboxylic acids is 1. The summed E-state index contributed by atoms with van der Waals surface area (Å²) in [6.07, 6.45) is 1.46. The molecule has 0 aliphatic carbocycles. The quantitative estimate of drug-likeness (QED) is 0.731. The van der Waals surface area contributed by atoms with Crippen LogP contribution in [-0.2, 0) is 17.9 Å². The standard InChI is InChI=1S/C14H18N2O3/c1-10(17)6-15-7-11-8-16(9-14(18)19)13-5-3-2-4-12(11)13/h2-5,8,10,15,17H,6-7,9H2,1H3,(H,18,19)/t10-/m0/s1. The summed E-state index contributed by atoms with van der Waals surface area (Å²) in [5, 5.41) is 22.3. The third-order valence-corrected chi connectivity index (χ3v) is 2.93. The lowest BCUT2D eigenvalue weighted by molar-refractivity contribution is -0.137. The van der Waals surface area contributed by atoms with E-state index >= 15 is 0 Å². The van der Waals surface area contributed by atoms with Gasteiger partial charge in [0, 0.05) is 30.2 Å².